The first-order valence-electron chi connectivity index (χ1n) is 11.8. The number of fused-ring (bicyclic) bond motifs is 5. The van der Waals surface area contributed by atoms with Gasteiger partial charge in [0.15, 0.2) is 12.4 Å². The van der Waals surface area contributed by atoms with Gasteiger partial charge in [0.2, 0.25) is 5.78 Å². The first kappa shape index (κ1) is 23.8. The molecular formula is C25H32O8. The van der Waals surface area contributed by atoms with Crippen LogP contribution in [0.25, 0.3) is 0 Å². The van der Waals surface area contributed by atoms with Crippen LogP contribution in [0.4, 0.5) is 0 Å². The van der Waals surface area contributed by atoms with Crippen molar-refractivity contribution in [2.75, 3.05) is 6.61 Å². The second-order valence-electron chi connectivity index (χ2n) is 10.8. The Balaban J connectivity index is 1.53. The maximum Gasteiger partial charge on any atom is 0.306 e. The van der Waals surface area contributed by atoms with Crippen LogP contribution in [0.2, 0.25) is 0 Å². The molecule has 3 fully saturated rings. The number of allylic oxidation sites excluding steroid dienone is 1. The molecule has 6 atom stereocenters. The number of carboxylic acids is 1. The highest BCUT2D eigenvalue weighted by Crippen LogP contribution is 2.66. The standard InChI is InChI=1S/C25H32O8/c1-23-9-7-15(26)11-14(23)3-4-16-17-8-10-25(32,24(17,2)12-18(27)22(16)23)19(28)13-33-21(31)6-5-20(29)30/h11,16-17,22,32H,3-10,12-13H2,1-2H3,(H,29,30)/t16-,17-,22+,23-,24-,25-/m0/s1. The number of Topliss-reactive ketones (excluding diaryl/α,β-unsaturated/α-hetero) is 2. The van der Waals surface area contributed by atoms with Crippen LogP contribution in [0.15, 0.2) is 11.6 Å². The Hall–Kier alpha value is -2.35. The molecule has 4 aliphatic rings. The summed E-state index contributed by atoms with van der Waals surface area (Å²) < 4.78 is 4.95. The van der Waals surface area contributed by atoms with E-state index in [4.69, 9.17) is 9.84 Å². The second kappa shape index (κ2) is 8.15. The monoisotopic (exact) mass is 460 g/mol. The SMILES string of the molecule is C[C@]12CCC(=O)C=C1CC[C@@H]1[C@@H]2C(=O)C[C@@]2(C)[C@H]1CC[C@]2(O)C(=O)COC(=O)CCC(=O)O. The second-order valence-corrected chi connectivity index (χ2v) is 10.8. The Morgan fingerprint density at radius 3 is 2.52 bits per heavy atom. The summed E-state index contributed by atoms with van der Waals surface area (Å²) in [6.45, 7) is 3.26. The molecule has 0 saturated heterocycles. The van der Waals surface area contributed by atoms with Crippen molar-refractivity contribution in [2.45, 2.75) is 77.2 Å². The molecule has 0 aliphatic heterocycles. The number of ketones is 3. The minimum atomic E-state index is -1.77. The molecule has 3 saturated carbocycles. The predicted octanol–water partition coefficient (Wildman–Crippen LogP) is 2.41. The molecule has 2 N–H and O–H groups in total. The summed E-state index contributed by atoms with van der Waals surface area (Å²) in [5.41, 5.74) is -2.00. The van der Waals surface area contributed by atoms with Gasteiger partial charge in [-0.05, 0) is 55.4 Å². The van der Waals surface area contributed by atoms with Crippen molar-refractivity contribution < 1.29 is 38.9 Å². The van der Waals surface area contributed by atoms with Gasteiger partial charge in [-0.1, -0.05) is 19.4 Å². The molecule has 0 heterocycles. The molecule has 0 aromatic rings. The van der Waals surface area contributed by atoms with Gasteiger partial charge >= 0.3 is 11.9 Å². The van der Waals surface area contributed by atoms with Gasteiger partial charge in [-0.3, -0.25) is 24.0 Å². The highest BCUT2D eigenvalue weighted by molar-refractivity contribution is 5.95. The highest BCUT2D eigenvalue weighted by atomic mass is 16.5. The molecule has 0 unspecified atom stereocenters. The van der Waals surface area contributed by atoms with Gasteiger partial charge in [0, 0.05) is 24.2 Å². The first-order chi connectivity index (χ1) is 15.4. The van der Waals surface area contributed by atoms with E-state index in [0.29, 0.717) is 19.3 Å². The minimum absolute atomic E-state index is 0.0205. The maximum absolute atomic E-state index is 13.6. The number of hydrogen-bond donors (Lipinski definition) is 2. The third kappa shape index (κ3) is 3.66. The molecule has 4 rings (SSSR count). The number of ether oxygens (including phenoxy) is 1. The zero-order chi connectivity index (χ0) is 24.2. The highest BCUT2D eigenvalue weighted by Gasteiger charge is 2.68. The van der Waals surface area contributed by atoms with E-state index in [1.165, 1.54) is 0 Å². The molecule has 4 aliphatic carbocycles. The first-order valence-corrected chi connectivity index (χ1v) is 11.8. The molecule has 8 heteroatoms. The fourth-order valence-electron chi connectivity index (χ4n) is 7.39. The van der Waals surface area contributed by atoms with E-state index in [1.807, 2.05) is 0 Å². The van der Waals surface area contributed by atoms with Crippen molar-refractivity contribution in [3.63, 3.8) is 0 Å². The quantitative estimate of drug-likeness (QED) is 0.577. The number of rotatable bonds is 6. The van der Waals surface area contributed by atoms with Crippen LogP contribution in [-0.2, 0) is 28.7 Å². The van der Waals surface area contributed by atoms with Crippen molar-refractivity contribution in [1.82, 2.24) is 0 Å². The molecule has 180 valence electrons. The number of hydrogen-bond acceptors (Lipinski definition) is 7. The van der Waals surface area contributed by atoms with E-state index in [9.17, 15) is 29.1 Å². The number of esters is 1. The summed E-state index contributed by atoms with van der Waals surface area (Å²) in [4.78, 5) is 61.0. The molecule has 33 heavy (non-hydrogen) atoms. The van der Waals surface area contributed by atoms with Gasteiger partial charge in [-0.25, -0.2) is 0 Å². The van der Waals surface area contributed by atoms with Crippen molar-refractivity contribution in [1.29, 1.82) is 0 Å². The fourth-order valence-corrected chi connectivity index (χ4v) is 7.39. The summed E-state index contributed by atoms with van der Waals surface area (Å²) in [6.07, 6.45) is 4.46. The van der Waals surface area contributed by atoms with E-state index in [1.54, 1.807) is 13.0 Å². The van der Waals surface area contributed by atoms with Crippen LogP contribution in [0, 0.1) is 28.6 Å². The Labute approximate surface area is 192 Å². The van der Waals surface area contributed by atoms with E-state index in [-0.39, 0.29) is 54.0 Å². The summed E-state index contributed by atoms with van der Waals surface area (Å²) in [6, 6.07) is 0. The van der Waals surface area contributed by atoms with E-state index in [2.05, 4.69) is 6.92 Å². The fraction of sp³-hybridized carbons (Fsp3) is 0.720. The number of carboxylic acid groups (broad SMARTS) is 1. The summed E-state index contributed by atoms with van der Waals surface area (Å²) >= 11 is 0. The predicted molar refractivity (Wildman–Crippen MR) is 115 cm³/mol. The minimum Gasteiger partial charge on any atom is -0.481 e. The molecule has 0 bridgehead atoms. The average Bonchev–Trinajstić information content (AvgIpc) is 3.02. The number of aliphatic carboxylic acids is 1. The third-order valence-corrected chi connectivity index (χ3v) is 9.18. The third-order valence-electron chi connectivity index (χ3n) is 9.18. The lowest BCUT2D eigenvalue weighted by atomic mass is 9.46. The zero-order valence-corrected chi connectivity index (χ0v) is 19.2. The van der Waals surface area contributed by atoms with Gasteiger partial charge in [0.05, 0.1) is 12.8 Å². The van der Waals surface area contributed by atoms with Gasteiger partial charge in [0.1, 0.15) is 11.4 Å². The summed E-state index contributed by atoms with van der Waals surface area (Å²) in [7, 11) is 0. The molecule has 0 aromatic heterocycles. The van der Waals surface area contributed by atoms with Crippen molar-refractivity contribution in [2.24, 2.45) is 28.6 Å². The van der Waals surface area contributed by atoms with Gasteiger partial charge in [0.25, 0.3) is 0 Å². The molecule has 0 spiro atoms. The lowest BCUT2D eigenvalue weighted by Crippen LogP contribution is -2.61. The Kier molecular flexibility index (Phi) is 5.88. The largest absolute Gasteiger partial charge is 0.481 e. The van der Waals surface area contributed by atoms with Crippen LogP contribution in [-0.4, -0.2) is 51.7 Å². The van der Waals surface area contributed by atoms with Crippen molar-refractivity contribution in [3.8, 4) is 0 Å². The van der Waals surface area contributed by atoms with Crippen molar-refractivity contribution in [3.05, 3.63) is 11.6 Å². The van der Waals surface area contributed by atoms with Gasteiger partial charge in [-0.2, -0.15) is 0 Å². The summed E-state index contributed by atoms with van der Waals surface area (Å²) in [5, 5.41) is 20.2. The molecule has 0 amide bonds. The normalized spacial score (nSPS) is 39.7. The summed E-state index contributed by atoms with van der Waals surface area (Å²) in [5.74, 6) is -2.62. The molecule has 0 radical (unpaired) electrons. The van der Waals surface area contributed by atoms with Crippen LogP contribution in [0.5, 0.6) is 0 Å². The lowest BCUT2D eigenvalue weighted by molar-refractivity contribution is -0.174. The van der Waals surface area contributed by atoms with Gasteiger partial charge in [-0.15, -0.1) is 0 Å². The van der Waals surface area contributed by atoms with E-state index < -0.39 is 41.8 Å². The molecule has 0 aromatic carbocycles. The topological polar surface area (TPSA) is 135 Å². The van der Waals surface area contributed by atoms with Crippen LogP contribution >= 0.6 is 0 Å². The average molecular weight is 461 g/mol. The zero-order valence-electron chi connectivity index (χ0n) is 19.2. The Morgan fingerprint density at radius 2 is 1.82 bits per heavy atom. The van der Waals surface area contributed by atoms with Gasteiger partial charge < -0.3 is 14.9 Å². The number of carbonyl (C=O) groups is 5. The lowest BCUT2D eigenvalue weighted by Gasteiger charge is -2.57. The van der Waals surface area contributed by atoms with Crippen LogP contribution in [0.3, 0.4) is 0 Å². The molecule has 8 nitrogen and oxygen atoms in total. The van der Waals surface area contributed by atoms with E-state index in [0.717, 1.165) is 18.4 Å². The van der Waals surface area contributed by atoms with Crippen LogP contribution < -0.4 is 0 Å². The van der Waals surface area contributed by atoms with Crippen LogP contribution in [0.1, 0.15) is 71.6 Å². The maximum atomic E-state index is 13.6. The molecular weight excluding hydrogens is 428 g/mol. The van der Waals surface area contributed by atoms with Crippen molar-refractivity contribution >= 4 is 29.3 Å². The number of carbonyl (C=O) groups excluding carboxylic acids is 4. The Bertz CT molecular complexity index is 950. The van der Waals surface area contributed by atoms with E-state index >= 15 is 0 Å². The smallest absolute Gasteiger partial charge is 0.306 e. The number of aliphatic hydroxyl groups is 1. The Morgan fingerprint density at radius 1 is 1.09 bits per heavy atom.